The average molecular weight is 459 g/mol. The molecule has 0 unspecified atom stereocenters. The number of imide groups is 1. The molecule has 1 atom stereocenters. The number of nitrogens with one attached hydrogen (secondary N) is 1. The second-order valence-corrected chi connectivity index (χ2v) is 8.21. The van der Waals surface area contributed by atoms with Gasteiger partial charge in [0.2, 0.25) is 11.7 Å². The molecule has 33 heavy (non-hydrogen) atoms. The lowest BCUT2D eigenvalue weighted by Crippen LogP contribution is -2.46. The molecule has 1 saturated heterocycles. The Morgan fingerprint density at radius 1 is 0.909 bits per heavy atom. The summed E-state index contributed by atoms with van der Waals surface area (Å²) >= 11 is 5.93. The maximum Gasteiger partial charge on any atom is 0.325 e. The van der Waals surface area contributed by atoms with Crippen molar-refractivity contribution in [2.75, 3.05) is 0 Å². The van der Waals surface area contributed by atoms with Crippen LogP contribution in [-0.4, -0.2) is 27.0 Å². The number of carbonyl (C=O) groups excluding carboxylic acids is 2. The van der Waals surface area contributed by atoms with Gasteiger partial charge in [-0.1, -0.05) is 77.4 Å². The monoisotopic (exact) mass is 458 g/mol. The molecular weight excluding hydrogens is 440 g/mol. The van der Waals surface area contributed by atoms with E-state index in [1.165, 1.54) is 0 Å². The standard InChI is InChI=1S/C25H19ClN4O3/c26-20-13-11-18(12-14-20)22-27-21(33-29-22)16-30-23(31)25(28-24(30)32,19-9-5-2-6-10-19)15-17-7-3-1-4-8-17/h1-14H,15-16H2,(H,28,32)/t25-/m1/s1. The van der Waals surface area contributed by atoms with E-state index in [1.54, 1.807) is 24.3 Å². The van der Waals surface area contributed by atoms with E-state index in [-0.39, 0.29) is 18.3 Å². The summed E-state index contributed by atoms with van der Waals surface area (Å²) in [6.07, 6.45) is 0.318. The molecule has 1 aliphatic rings. The molecule has 1 aliphatic heterocycles. The highest BCUT2D eigenvalue weighted by atomic mass is 35.5. The first-order valence-electron chi connectivity index (χ1n) is 10.4. The number of halogens is 1. The molecule has 3 amide bonds. The first kappa shape index (κ1) is 20.9. The maximum absolute atomic E-state index is 13.7. The zero-order valence-corrected chi connectivity index (χ0v) is 18.2. The van der Waals surface area contributed by atoms with E-state index in [1.807, 2.05) is 60.7 Å². The number of benzene rings is 3. The van der Waals surface area contributed by atoms with E-state index in [0.717, 1.165) is 10.5 Å². The summed E-state index contributed by atoms with van der Waals surface area (Å²) in [5, 5.41) is 7.50. The van der Waals surface area contributed by atoms with Crippen LogP contribution >= 0.6 is 11.6 Å². The highest BCUT2D eigenvalue weighted by Gasteiger charge is 2.52. The minimum Gasteiger partial charge on any atom is -0.337 e. The van der Waals surface area contributed by atoms with Gasteiger partial charge in [-0.2, -0.15) is 4.98 Å². The van der Waals surface area contributed by atoms with E-state index in [9.17, 15) is 9.59 Å². The van der Waals surface area contributed by atoms with Crippen LogP contribution in [0.1, 0.15) is 17.0 Å². The van der Waals surface area contributed by atoms with Crippen molar-refractivity contribution in [2.45, 2.75) is 18.5 Å². The van der Waals surface area contributed by atoms with Crippen molar-refractivity contribution < 1.29 is 14.1 Å². The van der Waals surface area contributed by atoms with Gasteiger partial charge >= 0.3 is 6.03 Å². The van der Waals surface area contributed by atoms with Gasteiger partial charge in [0.15, 0.2) is 5.54 Å². The van der Waals surface area contributed by atoms with Crippen molar-refractivity contribution in [2.24, 2.45) is 0 Å². The molecule has 5 rings (SSSR count). The fourth-order valence-corrected chi connectivity index (χ4v) is 4.11. The van der Waals surface area contributed by atoms with E-state index >= 15 is 0 Å². The Labute approximate surface area is 195 Å². The van der Waals surface area contributed by atoms with Gasteiger partial charge in [-0.25, -0.2) is 4.79 Å². The predicted molar refractivity (Wildman–Crippen MR) is 122 cm³/mol. The Morgan fingerprint density at radius 3 is 2.27 bits per heavy atom. The molecule has 1 N–H and O–H groups in total. The molecule has 0 spiro atoms. The topological polar surface area (TPSA) is 88.3 Å². The summed E-state index contributed by atoms with van der Waals surface area (Å²) in [4.78, 5) is 32.1. The fraction of sp³-hybridized carbons (Fsp3) is 0.120. The molecule has 2 heterocycles. The van der Waals surface area contributed by atoms with Crippen LogP contribution in [0, 0.1) is 0 Å². The van der Waals surface area contributed by atoms with Gasteiger partial charge in [-0.15, -0.1) is 0 Å². The lowest BCUT2D eigenvalue weighted by atomic mass is 9.83. The van der Waals surface area contributed by atoms with Gasteiger partial charge in [-0.05, 0) is 35.4 Å². The van der Waals surface area contributed by atoms with Gasteiger partial charge in [0, 0.05) is 17.0 Å². The Bertz CT molecular complexity index is 1290. The van der Waals surface area contributed by atoms with Crippen molar-refractivity contribution in [3.63, 3.8) is 0 Å². The number of hydrogen-bond acceptors (Lipinski definition) is 5. The molecule has 0 saturated carbocycles. The van der Waals surface area contributed by atoms with Crippen LogP contribution in [0.25, 0.3) is 11.4 Å². The number of hydrogen-bond donors (Lipinski definition) is 1. The number of aromatic nitrogens is 2. The summed E-state index contributed by atoms with van der Waals surface area (Å²) in [5.41, 5.74) is 1.13. The highest BCUT2D eigenvalue weighted by Crippen LogP contribution is 2.33. The van der Waals surface area contributed by atoms with Crippen LogP contribution < -0.4 is 5.32 Å². The van der Waals surface area contributed by atoms with Crippen molar-refractivity contribution >= 4 is 23.5 Å². The van der Waals surface area contributed by atoms with Gasteiger partial charge in [0.05, 0.1) is 0 Å². The summed E-state index contributed by atoms with van der Waals surface area (Å²) in [6.45, 7) is -0.130. The molecule has 164 valence electrons. The average Bonchev–Trinajstić information content (AvgIpc) is 3.40. The van der Waals surface area contributed by atoms with Crippen LogP contribution in [0.15, 0.2) is 89.5 Å². The second kappa shape index (κ2) is 8.52. The molecule has 1 aromatic heterocycles. The molecule has 1 fully saturated rings. The normalized spacial score (nSPS) is 17.9. The zero-order chi connectivity index (χ0) is 22.8. The molecule has 4 aromatic rings. The van der Waals surface area contributed by atoms with Crippen molar-refractivity contribution in [3.05, 3.63) is 107 Å². The van der Waals surface area contributed by atoms with E-state index in [4.69, 9.17) is 16.1 Å². The van der Waals surface area contributed by atoms with Gasteiger partial charge in [0.25, 0.3) is 5.91 Å². The molecule has 7 nitrogen and oxygen atoms in total. The quantitative estimate of drug-likeness (QED) is 0.427. The minimum absolute atomic E-state index is 0.130. The largest absolute Gasteiger partial charge is 0.337 e. The third-order valence-corrected chi connectivity index (χ3v) is 5.87. The Morgan fingerprint density at radius 2 is 1.58 bits per heavy atom. The summed E-state index contributed by atoms with van der Waals surface area (Å²) < 4.78 is 5.33. The SMILES string of the molecule is O=C1N[C@](Cc2ccccc2)(c2ccccc2)C(=O)N1Cc1nc(-c2ccc(Cl)cc2)no1. The molecule has 0 aliphatic carbocycles. The smallest absolute Gasteiger partial charge is 0.325 e. The molecule has 0 bridgehead atoms. The lowest BCUT2D eigenvalue weighted by molar-refractivity contribution is -0.132. The Kier molecular flexibility index (Phi) is 5.40. The molecule has 3 aromatic carbocycles. The summed E-state index contributed by atoms with van der Waals surface area (Å²) in [6, 6.07) is 25.3. The second-order valence-electron chi connectivity index (χ2n) is 7.77. The first-order valence-corrected chi connectivity index (χ1v) is 10.7. The van der Waals surface area contributed by atoms with Crippen molar-refractivity contribution in [3.8, 4) is 11.4 Å². The van der Waals surface area contributed by atoms with Crippen LogP contribution in [0.3, 0.4) is 0 Å². The highest BCUT2D eigenvalue weighted by molar-refractivity contribution is 6.30. The van der Waals surface area contributed by atoms with Crippen molar-refractivity contribution in [1.82, 2.24) is 20.4 Å². The molecule has 0 radical (unpaired) electrons. The fourth-order valence-electron chi connectivity index (χ4n) is 3.98. The Hall–Kier alpha value is -3.97. The van der Waals surface area contributed by atoms with E-state index in [2.05, 4.69) is 15.5 Å². The molecular formula is C25H19ClN4O3. The maximum atomic E-state index is 13.7. The third kappa shape index (κ3) is 3.99. The summed E-state index contributed by atoms with van der Waals surface area (Å²) in [5.74, 6) is 0.146. The first-order chi connectivity index (χ1) is 16.0. The van der Waals surface area contributed by atoms with Gasteiger partial charge in [-0.3, -0.25) is 9.69 Å². The van der Waals surface area contributed by atoms with Crippen LogP contribution in [0.5, 0.6) is 0 Å². The lowest BCUT2D eigenvalue weighted by Gasteiger charge is -2.27. The summed E-state index contributed by atoms with van der Waals surface area (Å²) in [7, 11) is 0. The van der Waals surface area contributed by atoms with E-state index in [0.29, 0.717) is 28.4 Å². The van der Waals surface area contributed by atoms with Crippen LogP contribution in [0.2, 0.25) is 5.02 Å². The number of carbonyl (C=O) groups is 2. The van der Waals surface area contributed by atoms with Crippen LogP contribution in [-0.2, 0) is 23.3 Å². The third-order valence-electron chi connectivity index (χ3n) is 5.62. The Balaban J connectivity index is 1.44. The number of nitrogens with zero attached hydrogens (tertiary/aromatic N) is 3. The number of urea groups is 1. The number of amides is 3. The van der Waals surface area contributed by atoms with Gasteiger partial charge < -0.3 is 9.84 Å². The van der Waals surface area contributed by atoms with Crippen LogP contribution in [0.4, 0.5) is 4.79 Å². The zero-order valence-electron chi connectivity index (χ0n) is 17.4. The molecule has 8 heteroatoms. The van der Waals surface area contributed by atoms with E-state index < -0.39 is 11.6 Å². The minimum atomic E-state index is -1.22. The number of rotatable bonds is 6. The van der Waals surface area contributed by atoms with Crippen molar-refractivity contribution in [1.29, 1.82) is 0 Å². The predicted octanol–water partition coefficient (Wildman–Crippen LogP) is 4.58. The van der Waals surface area contributed by atoms with Gasteiger partial charge in [0.1, 0.15) is 6.54 Å².